The maximum Gasteiger partial charge on any atom is 0.265 e. The first-order valence-electron chi connectivity index (χ1n) is 11.6. The molecule has 0 aliphatic heterocycles. The molecule has 3 aromatic rings. The molecule has 0 saturated heterocycles. The highest BCUT2D eigenvalue weighted by atomic mass is 32.2. The van der Waals surface area contributed by atoms with Crippen LogP contribution in [0.4, 0.5) is 10.1 Å². The number of para-hydroxylation sites is 1. The molecule has 0 bridgehead atoms. The lowest BCUT2D eigenvalue weighted by molar-refractivity contribution is -0.119. The maximum absolute atomic E-state index is 14.7. The van der Waals surface area contributed by atoms with Gasteiger partial charge in [-0.15, -0.1) is 0 Å². The van der Waals surface area contributed by atoms with E-state index in [0.29, 0.717) is 12.3 Å². The molecule has 3 rings (SSSR count). The number of ether oxygens (including phenoxy) is 2. The Labute approximate surface area is 211 Å². The fraction of sp³-hybridized carbons (Fsp3) is 0.296. The lowest BCUT2D eigenvalue weighted by Gasteiger charge is -2.25. The third-order valence-corrected chi connectivity index (χ3v) is 7.64. The Bertz CT molecular complexity index is 1270. The highest BCUT2D eigenvalue weighted by molar-refractivity contribution is 7.92. The Morgan fingerprint density at radius 3 is 2.28 bits per heavy atom. The quantitative estimate of drug-likeness (QED) is 0.387. The zero-order chi connectivity index (χ0) is 26.1. The van der Waals surface area contributed by atoms with Gasteiger partial charge in [0.15, 0.2) is 11.5 Å². The average Bonchev–Trinajstić information content (AvgIpc) is 2.90. The van der Waals surface area contributed by atoms with Gasteiger partial charge in [-0.2, -0.15) is 0 Å². The van der Waals surface area contributed by atoms with Crippen LogP contribution in [0.5, 0.6) is 11.5 Å². The number of halogens is 1. The van der Waals surface area contributed by atoms with Crippen LogP contribution in [-0.4, -0.2) is 41.6 Å². The highest BCUT2D eigenvalue weighted by Gasteiger charge is 2.30. The van der Waals surface area contributed by atoms with E-state index in [1.165, 1.54) is 50.6 Å². The number of carbonyl (C=O) groups is 1. The predicted molar refractivity (Wildman–Crippen MR) is 137 cm³/mol. The van der Waals surface area contributed by atoms with Crippen molar-refractivity contribution in [2.45, 2.75) is 24.7 Å². The SMILES string of the molecule is CCC(CNC(=O)CN(c1ccccc1F)S(=O)(=O)c1ccc(OC)c(OC)c1)Cc1ccccc1. The number of carbonyl (C=O) groups excluding carboxylic acids is 1. The normalized spacial score (nSPS) is 12.0. The van der Waals surface area contributed by atoms with E-state index in [1.807, 2.05) is 37.3 Å². The topological polar surface area (TPSA) is 84.9 Å². The first-order chi connectivity index (χ1) is 17.3. The Hall–Kier alpha value is -3.59. The molecule has 0 aliphatic carbocycles. The maximum atomic E-state index is 14.7. The average molecular weight is 515 g/mol. The lowest BCUT2D eigenvalue weighted by atomic mass is 9.97. The van der Waals surface area contributed by atoms with Crippen LogP contribution in [0.1, 0.15) is 18.9 Å². The van der Waals surface area contributed by atoms with Crippen LogP contribution in [0.15, 0.2) is 77.7 Å². The minimum absolute atomic E-state index is 0.160. The fourth-order valence-corrected chi connectivity index (χ4v) is 5.26. The molecule has 0 aliphatic rings. The standard InChI is InChI=1S/C27H31FN2O5S/c1-4-20(16-21-10-6-5-7-11-21)18-29-27(31)19-30(24-13-9-8-12-23(24)28)36(32,33)22-14-15-25(34-2)26(17-22)35-3/h5-15,17,20H,4,16,18-19H2,1-3H3,(H,29,31). The van der Waals surface area contributed by atoms with Gasteiger partial charge < -0.3 is 14.8 Å². The summed E-state index contributed by atoms with van der Waals surface area (Å²) in [7, 11) is -1.51. The summed E-state index contributed by atoms with van der Waals surface area (Å²) in [5.41, 5.74) is 0.932. The zero-order valence-electron chi connectivity index (χ0n) is 20.6. The number of nitrogens with zero attached hydrogens (tertiary/aromatic N) is 1. The molecule has 3 aromatic carbocycles. The van der Waals surface area contributed by atoms with E-state index in [1.54, 1.807) is 0 Å². The molecule has 0 aromatic heterocycles. The number of nitrogens with one attached hydrogen (secondary N) is 1. The first kappa shape index (κ1) is 27.0. The van der Waals surface area contributed by atoms with Crippen molar-refractivity contribution < 1.29 is 27.1 Å². The largest absolute Gasteiger partial charge is 0.493 e. The summed E-state index contributed by atoms with van der Waals surface area (Å²) in [5.74, 6) is -0.585. The van der Waals surface area contributed by atoms with Crippen LogP contribution < -0.4 is 19.1 Å². The van der Waals surface area contributed by atoms with Gasteiger partial charge in [-0.1, -0.05) is 55.8 Å². The minimum Gasteiger partial charge on any atom is -0.493 e. The molecule has 1 atom stereocenters. The monoisotopic (exact) mass is 514 g/mol. The van der Waals surface area contributed by atoms with E-state index in [0.717, 1.165) is 28.8 Å². The van der Waals surface area contributed by atoms with Gasteiger partial charge in [-0.3, -0.25) is 9.10 Å². The summed E-state index contributed by atoms with van der Waals surface area (Å²) in [4.78, 5) is 12.8. The van der Waals surface area contributed by atoms with Gasteiger partial charge >= 0.3 is 0 Å². The van der Waals surface area contributed by atoms with Crippen LogP contribution in [0.3, 0.4) is 0 Å². The third kappa shape index (κ3) is 6.54. The van der Waals surface area contributed by atoms with Crippen molar-refractivity contribution in [3.05, 3.63) is 84.2 Å². The van der Waals surface area contributed by atoms with Crippen molar-refractivity contribution in [1.82, 2.24) is 5.32 Å². The molecule has 1 amide bonds. The summed E-state index contributed by atoms with van der Waals surface area (Å²) < 4.78 is 53.1. The van der Waals surface area contributed by atoms with Crippen LogP contribution in [0.2, 0.25) is 0 Å². The molecule has 1 N–H and O–H groups in total. The molecule has 0 heterocycles. The molecule has 192 valence electrons. The van der Waals surface area contributed by atoms with E-state index in [9.17, 15) is 17.6 Å². The summed E-state index contributed by atoms with van der Waals surface area (Å²) in [6, 6.07) is 19.4. The number of amides is 1. The van der Waals surface area contributed by atoms with Crippen molar-refractivity contribution in [3.63, 3.8) is 0 Å². The molecule has 1 unspecified atom stereocenters. The Morgan fingerprint density at radius 2 is 1.64 bits per heavy atom. The van der Waals surface area contributed by atoms with Crippen LogP contribution in [0, 0.1) is 11.7 Å². The first-order valence-corrected chi connectivity index (χ1v) is 13.0. The van der Waals surface area contributed by atoms with Gasteiger partial charge in [0.25, 0.3) is 10.0 Å². The molecular formula is C27H31FN2O5S. The van der Waals surface area contributed by atoms with Gasteiger partial charge in [0.05, 0.1) is 24.8 Å². The summed E-state index contributed by atoms with van der Waals surface area (Å²) >= 11 is 0. The number of anilines is 1. The van der Waals surface area contributed by atoms with Gasteiger partial charge in [0.2, 0.25) is 5.91 Å². The highest BCUT2D eigenvalue weighted by Crippen LogP contribution is 2.32. The molecule has 36 heavy (non-hydrogen) atoms. The number of rotatable bonds is 12. The summed E-state index contributed by atoms with van der Waals surface area (Å²) in [6.45, 7) is 1.82. The zero-order valence-corrected chi connectivity index (χ0v) is 21.4. The Balaban J connectivity index is 1.84. The van der Waals surface area contributed by atoms with Crippen molar-refractivity contribution >= 4 is 21.6 Å². The molecule has 7 nitrogen and oxygen atoms in total. The van der Waals surface area contributed by atoms with Crippen molar-refractivity contribution in [2.24, 2.45) is 5.92 Å². The summed E-state index contributed by atoms with van der Waals surface area (Å²) in [6.07, 6.45) is 1.61. The van der Waals surface area contributed by atoms with Crippen LogP contribution in [-0.2, 0) is 21.2 Å². The van der Waals surface area contributed by atoms with Gasteiger partial charge in [0, 0.05) is 12.6 Å². The number of hydrogen-bond donors (Lipinski definition) is 1. The lowest BCUT2D eigenvalue weighted by Crippen LogP contribution is -2.42. The van der Waals surface area contributed by atoms with Crippen LogP contribution in [0.25, 0.3) is 0 Å². The Morgan fingerprint density at radius 1 is 0.972 bits per heavy atom. The predicted octanol–water partition coefficient (Wildman–Crippen LogP) is 4.42. The van der Waals surface area contributed by atoms with Crippen molar-refractivity contribution in [1.29, 1.82) is 0 Å². The van der Waals surface area contributed by atoms with Crippen molar-refractivity contribution in [2.75, 3.05) is 31.6 Å². The molecule has 0 fully saturated rings. The fourth-order valence-electron chi connectivity index (χ4n) is 3.81. The van der Waals surface area contributed by atoms with Gasteiger partial charge in [-0.05, 0) is 42.2 Å². The third-order valence-electron chi connectivity index (χ3n) is 5.88. The minimum atomic E-state index is -4.32. The number of sulfonamides is 1. The molecule has 0 radical (unpaired) electrons. The van der Waals surface area contributed by atoms with E-state index >= 15 is 0 Å². The summed E-state index contributed by atoms with van der Waals surface area (Å²) in [5, 5.41) is 2.83. The molecule has 9 heteroatoms. The van der Waals surface area contributed by atoms with E-state index in [4.69, 9.17) is 9.47 Å². The van der Waals surface area contributed by atoms with Gasteiger partial charge in [-0.25, -0.2) is 12.8 Å². The second-order valence-electron chi connectivity index (χ2n) is 8.25. The van der Waals surface area contributed by atoms with Crippen molar-refractivity contribution in [3.8, 4) is 11.5 Å². The van der Waals surface area contributed by atoms with E-state index in [2.05, 4.69) is 5.32 Å². The molecular weight excluding hydrogens is 483 g/mol. The Kier molecular flexibility index (Phi) is 9.30. The second-order valence-corrected chi connectivity index (χ2v) is 10.1. The number of hydrogen-bond acceptors (Lipinski definition) is 5. The van der Waals surface area contributed by atoms with Crippen LogP contribution >= 0.6 is 0 Å². The van der Waals surface area contributed by atoms with Gasteiger partial charge in [0.1, 0.15) is 12.4 Å². The molecule has 0 saturated carbocycles. The molecule has 0 spiro atoms. The smallest absolute Gasteiger partial charge is 0.265 e. The second kappa shape index (κ2) is 12.4. The number of methoxy groups -OCH3 is 2. The van der Waals surface area contributed by atoms with E-state index < -0.39 is 28.3 Å². The number of benzene rings is 3. The van der Waals surface area contributed by atoms with E-state index in [-0.39, 0.29) is 22.3 Å².